The number of hydrogen-bond acceptors (Lipinski definition) is 4. The van der Waals surface area contributed by atoms with E-state index in [9.17, 15) is 4.79 Å². The molecule has 0 aliphatic carbocycles. The first kappa shape index (κ1) is 14.2. The van der Waals surface area contributed by atoms with Gasteiger partial charge in [-0.3, -0.25) is 4.79 Å². The molecular weight excluding hydrogens is 276 g/mol. The summed E-state index contributed by atoms with van der Waals surface area (Å²) in [5.41, 5.74) is 0. The minimum Gasteiger partial charge on any atom is -0.331 e. The Morgan fingerprint density at radius 3 is 2.11 bits per heavy atom. The van der Waals surface area contributed by atoms with Crippen LogP contribution in [0.25, 0.3) is 0 Å². The summed E-state index contributed by atoms with van der Waals surface area (Å²) in [5, 5.41) is 7.11. The van der Waals surface area contributed by atoms with Crippen molar-refractivity contribution in [3.63, 3.8) is 0 Å². The molecule has 1 N–H and O–H groups in total. The van der Waals surface area contributed by atoms with Crippen molar-refractivity contribution >= 4 is 28.6 Å². The van der Waals surface area contributed by atoms with Crippen LogP contribution in [0.4, 0.5) is 0 Å². The highest BCUT2D eigenvalue weighted by atomic mass is 32.1. The quantitative estimate of drug-likeness (QED) is 0.888. The second-order valence-electron chi connectivity index (χ2n) is 4.36. The molecule has 0 aliphatic heterocycles. The molecule has 0 radical (unpaired) electrons. The van der Waals surface area contributed by atoms with Crippen molar-refractivity contribution in [2.75, 3.05) is 7.05 Å². The Morgan fingerprint density at radius 1 is 1.21 bits per heavy atom. The molecule has 2 aromatic rings. The summed E-state index contributed by atoms with van der Waals surface area (Å²) in [7, 11) is 1.82. The van der Waals surface area contributed by atoms with Crippen LogP contribution in [0.15, 0.2) is 35.0 Å². The predicted octanol–water partition coefficient (Wildman–Crippen LogP) is 2.95. The molecule has 0 fully saturated rings. The van der Waals surface area contributed by atoms with Crippen LogP contribution in [0.1, 0.15) is 16.7 Å². The maximum atomic E-state index is 12.4. The normalized spacial score (nSPS) is 12.3. The van der Waals surface area contributed by atoms with Crippen molar-refractivity contribution in [1.29, 1.82) is 0 Å². The monoisotopic (exact) mass is 294 g/mol. The molecule has 5 heteroatoms. The molecule has 3 nitrogen and oxygen atoms in total. The summed E-state index contributed by atoms with van der Waals surface area (Å²) in [5.74, 6) is 0.143. The third-order valence-corrected chi connectivity index (χ3v) is 4.69. The van der Waals surface area contributed by atoms with E-state index < -0.39 is 0 Å². The molecule has 2 aromatic heterocycles. The van der Waals surface area contributed by atoms with Crippen LogP contribution in [-0.4, -0.2) is 23.9 Å². The lowest BCUT2D eigenvalue weighted by molar-refractivity contribution is -0.134. The molecule has 0 saturated heterocycles. The second-order valence-corrected chi connectivity index (χ2v) is 6.43. The number of likely N-dealkylation sites (N-methyl/N-ethyl adjacent to an activating group) is 1. The highest BCUT2D eigenvalue weighted by molar-refractivity contribution is 7.10. The predicted molar refractivity (Wildman–Crippen MR) is 81.4 cm³/mol. The second kappa shape index (κ2) is 6.84. The van der Waals surface area contributed by atoms with Gasteiger partial charge in [-0.25, -0.2) is 0 Å². The Balaban J connectivity index is 2.10. The molecule has 1 amide bonds. The molecule has 0 spiro atoms. The fourth-order valence-electron chi connectivity index (χ4n) is 1.79. The summed E-state index contributed by atoms with van der Waals surface area (Å²) >= 11 is 3.38. The zero-order valence-electron chi connectivity index (χ0n) is 11.1. The Bertz CT molecular complexity index is 457. The lowest BCUT2D eigenvalue weighted by atomic mass is 10.2. The first-order chi connectivity index (χ1) is 9.20. The van der Waals surface area contributed by atoms with Gasteiger partial charge in [-0.2, -0.15) is 0 Å². The SMILES string of the molecule is CNC(C)C(=O)N(Cc1cccs1)Cc1cccs1. The van der Waals surface area contributed by atoms with Gasteiger partial charge < -0.3 is 10.2 Å². The molecule has 2 rings (SSSR count). The number of hydrogen-bond donors (Lipinski definition) is 1. The van der Waals surface area contributed by atoms with Crippen LogP contribution in [-0.2, 0) is 17.9 Å². The smallest absolute Gasteiger partial charge is 0.240 e. The summed E-state index contributed by atoms with van der Waals surface area (Å²) in [6.45, 7) is 3.26. The number of thiophene rings is 2. The van der Waals surface area contributed by atoms with Gasteiger partial charge in [-0.1, -0.05) is 12.1 Å². The van der Waals surface area contributed by atoms with E-state index in [0.717, 1.165) is 0 Å². The Hall–Kier alpha value is -1.17. The largest absolute Gasteiger partial charge is 0.331 e. The summed E-state index contributed by atoms with van der Waals surface area (Å²) in [6, 6.07) is 8.04. The van der Waals surface area contributed by atoms with Gasteiger partial charge in [0.2, 0.25) is 5.91 Å². The number of nitrogens with one attached hydrogen (secondary N) is 1. The minimum atomic E-state index is -0.153. The average molecular weight is 294 g/mol. The molecule has 0 saturated carbocycles. The number of nitrogens with zero attached hydrogens (tertiary/aromatic N) is 1. The fraction of sp³-hybridized carbons (Fsp3) is 0.357. The van der Waals surface area contributed by atoms with E-state index in [1.807, 2.05) is 41.8 Å². The van der Waals surface area contributed by atoms with Gasteiger partial charge >= 0.3 is 0 Å². The molecule has 0 aromatic carbocycles. The van der Waals surface area contributed by atoms with Gasteiger partial charge in [-0.15, -0.1) is 22.7 Å². The van der Waals surface area contributed by atoms with Crippen molar-refractivity contribution in [3.8, 4) is 0 Å². The van der Waals surface area contributed by atoms with E-state index in [2.05, 4.69) is 17.4 Å². The average Bonchev–Trinajstić information content (AvgIpc) is 3.09. The van der Waals surface area contributed by atoms with Gasteiger partial charge in [0.1, 0.15) is 0 Å². The van der Waals surface area contributed by atoms with E-state index in [-0.39, 0.29) is 11.9 Å². The highest BCUT2D eigenvalue weighted by Gasteiger charge is 2.20. The standard InChI is InChI=1S/C14H18N2OS2/c1-11(15-2)14(17)16(9-12-5-3-7-18-12)10-13-6-4-8-19-13/h3-8,11,15H,9-10H2,1-2H3. The van der Waals surface area contributed by atoms with Crippen molar-refractivity contribution in [2.45, 2.75) is 26.1 Å². The Labute approximate surface area is 121 Å². The summed E-state index contributed by atoms with van der Waals surface area (Å²) in [4.78, 5) is 16.7. The van der Waals surface area contributed by atoms with E-state index in [1.165, 1.54) is 9.75 Å². The minimum absolute atomic E-state index is 0.143. The molecule has 2 heterocycles. The van der Waals surface area contributed by atoms with Crippen LogP contribution in [0.2, 0.25) is 0 Å². The lowest BCUT2D eigenvalue weighted by Gasteiger charge is -2.24. The van der Waals surface area contributed by atoms with Crippen LogP contribution in [0.3, 0.4) is 0 Å². The van der Waals surface area contributed by atoms with Crippen molar-refractivity contribution in [2.24, 2.45) is 0 Å². The first-order valence-corrected chi connectivity index (χ1v) is 7.97. The van der Waals surface area contributed by atoms with Gasteiger partial charge in [0, 0.05) is 9.75 Å². The number of rotatable bonds is 6. The maximum Gasteiger partial charge on any atom is 0.240 e. The van der Waals surface area contributed by atoms with Crippen LogP contribution >= 0.6 is 22.7 Å². The van der Waals surface area contributed by atoms with Crippen molar-refractivity contribution < 1.29 is 4.79 Å². The molecule has 0 aliphatic rings. The fourth-order valence-corrected chi connectivity index (χ4v) is 3.23. The summed E-state index contributed by atoms with van der Waals surface area (Å²) < 4.78 is 0. The van der Waals surface area contributed by atoms with E-state index in [4.69, 9.17) is 0 Å². The van der Waals surface area contributed by atoms with E-state index >= 15 is 0 Å². The third-order valence-electron chi connectivity index (χ3n) is 2.97. The van der Waals surface area contributed by atoms with Gasteiger partial charge in [0.25, 0.3) is 0 Å². The van der Waals surface area contributed by atoms with Crippen molar-refractivity contribution in [3.05, 3.63) is 44.8 Å². The summed E-state index contributed by atoms with van der Waals surface area (Å²) in [6.07, 6.45) is 0. The van der Waals surface area contributed by atoms with E-state index in [1.54, 1.807) is 22.7 Å². The maximum absolute atomic E-state index is 12.4. The molecule has 1 atom stereocenters. The first-order valence-electron chi connectivity index (χ1n) is 6.21. The molecular formula is C14H18N2OS2. The number of carbonyl (C=O) groups is 1. The number of amides is 1. The zero-order valence-corrected chi connectivity index (χ0v) is 12.8. The van der Waals surface area contributed by atoms with Crippen molar-refractivity contribution in [1.82, 2.24) is 10.2 Å². The van der Waals surface area contributed by atoms with Crippen LogP contribution < -0.4 is 5.32 Å². The molecule has 1 unspecified atom stereocenters. The zero-order chi connectivity index (χ0) is 13.7. The molecule has 102 valence electrons. The topological polar surface area (TPSA) is 32.3 Å². The molecule has 0 bridgehead atoms. The van der Waals surface area contributed by atoms with E-state index in [0.29, 0.717) is 13.1 Å². The van der Waals surface area contributed by atoms with Gasteiger partial charge in [0.05, 0.1) is 19.1 Å². The Morgan fingerprint density at radius 2 is 1.74 bits per heavy atom. The van der Waals surface area contributed by atoms with Crippen LogP contribution in [0.5, 0.6) is 0 Å². The third kappa shape index (κ3) is 3.89. The number of carbonyl (C=O) groups excluding carboxylic acids is 1. The highest BCUT2D eigenvalue weighted by Crippen LogP contribution is 2.17. The van der Waals surface area contributed by atoms with Crippen LogP contribution in [0, 0.1) is 0 Å². The van der Waals surface area contributed by atoms with Gasteiger partial charge in [-0.05, 0) is 36.9 Å². The molecule has 19 heavy (non-hydrogen) atoms. The Kier molecular flexibility index (Phi) is 5.13. The van der Waals surface area contributed by atoms with Gasteiger partial charge in [0.15, 0.2) is 0 Å². The lowest BCUT2D eigenvalue weighted by Crippen LogP contribution is -2.42.